The third-order valence-corrected chi connectivity index (χ3v) is 4.34. The van der Waals surface area contributed by atoms with Crippen molar-refractivity contribution in [3.63, 3.8) is 0 Å². The molecule has 2 aromatic rings. The number of likely N-dealkylation sites (tertiary alicyclic amines) is 1. The van der Waals surface area contributed by atoms with Crippen molar-refractivity contribution >= 4 is 17.8 Å². The number of piperidine rings is 1. The average Bonchev–Trinajstić information content (AvgIpc) is 3.03. The Morgan fingerprint density at radius 1 is 1.25 bits per heavy atom. The van der Waals surface area contributed by atoms with E-state index in [1.165, 1.54) is 4.90 Å². The van der Waals surface area contributed by atoms with E-state index in [9.17, 15) is 9.59 Å². The first-order chi connectivity index (χ1) is 11.6. The lowest BCUT2D eigenvalue weighted by Crippen LogP contribution is -2.46. The van der Waals surface area contributed by atoms with Crippen molar-refractivity contribution in [3.05, 3.63) is 42.2 Å². The van der Waals surface area contributed by atoms with E-state index in [0.29, 0.717) is 18.9 Å². The predicted octanol–water partition coefficient (Wildman–Crippen LogP) is 1.53. The van der Waals surface area contributed by atoms with Gasteiger partial charge in [-0.2, -0.15) is 0 Å². The molecule has 0 spiro atoms. The quantitative estimate of drug-likeness (QED) is 0.854. The second-order valence-corrected chi connectivity index (χ2v) is 6.00. The van der Waals surface area contributed by atoms with E-state index >= 15 is 0 Å². The van der Waals surface area contributed by atoms with Crippen LogP contribution in [0.2, 0.25) is 0 Å². The van der Waals surface area contributed by atoms with Crippen LogP contribution in [0.4, 0.5) is 5.95 Å². The van der Waals surface area contributed by atoms with Crippen molar-refractivity contribution in [2.45, 2.75) is 25.3 Å². The summed E-state index contributed by atoms with van der Waals surface area (Å²) in [6, 6.07) is 8.79. The van der Waals surface area contributed by atoms with Crippen LogP contribution in [0.25, 0.3) is 0 Å². The Hall–Kier alpha value is -2.70. The number of hydrogen-bond donors (Lipinski definition) is 0. The molecule has 1 aromatic heterocycles. The van der Waals surface area contributed by atoms with Gasteiger partial charge in [0.1, 0.15) is 12.4 Å². The Morgan fingerprint density at radius 3 is 2.62 bits per heavy atom. The first kappa shape index (κ1) is 16.2. The lowest BCUT2D eigenvalue weighted by Gasteiger charge is -2.35. The molecule has 0 N–H and O–H groups in total. The minimum atomic E-state index is -0.638. The third-order valence-electron chi connectivity index (χ3n) is 4.34. The summed E-state index contributed by atoms with van der Waals surface area (Å²) < 4.78 is 1.68. The molecule has 1 saturated heterocycles. The number of carbonyl (C=O) groups is 2. The minimum Gasteiger partial charge on any atom is -0.327 e. The fraction of sp³-hybridized carbons (Fsp3) is 0.412. The van der Waals surface area contributed by atoms with E-state index < -0.39 is 6.04 Å². The first-order valence-electron chi connectivity index (χ1n) is 8.05. The van der Waals surface area contributed by atoms with Gasteiger partial charge in [-0.1, -0.05) is 30.3 Å². The summed E-state index contributed by atoms with van der Waals surface area (Å²) in [6.07, 6.45) is 3.83. The standard InChI is InChI=1S/C17H21N5O2/c1-20-12-18-19-17(20)21(2)16(24)15(13-8-4-3-5-9-13)22-11-7-6-10-14(22)23/h3-5,8-9,12,15H,6-7,10-11H2,1-2H3. The van der Waals surface area contributed by atoms with Gasteiger partial charge in [-0.25, -0.2) is 0 Å². The molecule has 0 saturated carbocycles. The maximum atomic E-state index is 13.2. The summed E-state index contributed by atoms with van der Waals surface area (Å²) in [4.78, 5) is 28.8. The second kappa shape index (κ2) is 6.82. The highest BCUT2D eigenvalue weighted by atomic mass is 16.2. The molecule has 7 heteroatoms. The summed E-state index contributed by atoms with van der Waals surface area (Å²) in [5, 5.41) is 7.81. The molecular formula is C17H21N5O2. The van der Waals surface area contributed by atoms with Crippen LogP contribution < -0.4 is 4.90 Å². The minimum absolute atomic E-state index is 0.0230. The second-order valence-electron chi connectivity index (χ2n) is 6.00. The van der Waals surface area contributed by atoms with E-state index in [1.54, 1.807) is 29.9 Å². The highest BCUT2D eigenvalue weighted by Gasteiger charge is 2.35. The molecule has 0 bridgehead atoms. The van der Waals surface area contributed by atoms with Gasteiger partial charge in [0, 0.05) is 27.1 Å². The van der Waals surface area contributed by atoms with Gasteiger partial charge >= 0.3 is 0 Å². The normalized spacial score (nSPS) is 16.1. The molecule has 1 atom stereocenters. The number of rotatable bonds is 4. The summed E-state index contributed by atoms with van der Waals surface area (Å²) in [5.74, 6) is 0.285. The van der Waals surface area contributed by atoms with Gasteiger partial charge in [-0.3, -0.25) is 14.5 Å². The summed E-state index contributed by atoms with van der Waals surface area (Å²) >= 11 is 0. The smallest absolute Gasteiger partial charge is 0.256 e. The molecule has 2 heterocycles. The summed E-state index contributed by atoms with van der Waals surface area (Å²) in [6.45, 7) is 0.594. The molecule has 7 nitrogen and oxygen atoms in total. The maximum absolute atomic E-state index is 13.2. The SMILES string of the molecule is CN(C(=O)C(c1ccccc1)N1CCCCC1=O)c1nncn1C. The molecular weight excluding hydrogens is 306 g/mol. The summed E-state index contributed by atoms with van der Waals surface area (Å²) in [5.41, 5.74) is 0.812. The molecule has 126 valence electrons. The fourth-order valence-corrected chi connectivity index (χ4v) is 3.05. The number of anilines is 1. The van der Waals surface area contributed by atoms with Crippen molar-refractivity contribution in [3.8, 4) is 0 Å². The molecule has 3 rings (SSSR count). The van der Waals surface area contributed by atoms with Crippen LogP contribution in [-0.2, 0) is 16.6 Å². The van der Waals surface area contributed by atoms with E-state index in [0.717, 1.165) is 18.4 Å². The molecule has 1 aromatic carbocycles. The Labute approximate surface area is 140 Å². The summed E-state index contributed by atoms with van der Waals surface area (Å²) in [7, 11) is 3.44. The Bertz CT molecular complexity index is 728. The van der Waals surface area contributed by atoms with Crippen LogP contribution in [-0.4, -0.2) is 45.1 Å². The molecule has 1 fully saturated rings. The van der Waals surface area contributed by atoms with Crippen LogP contribution in [0.5, 0.6) is 0 Å². The molecule has 24 heavy (non-hydrogen) atoms. The van der Waals surface area contributed by atoms with Gasteiger partial charge in [0.25, 0.3) is 5.91 Å². The zero-order chi connectivity index (χ0) is 17.1. The van der Waals surface area contributed by atoms with Crippen LogP contribution in [0.15, 0.2) is 36.7 Å². The maximum Gasteiger partial charge on any atom is 0.256 e. The molecule has 1 aliphatic rings. The largest absolute Gasteiger partial charge is 0.327 e. The Morgan fingerprint density at radius 2 is 2.00 bits per heavy atom. The Balaban J connectivity index is 1.96. The number of carbonyl (C=O) groups excluding carboxylic acids is 2. The van der Waals surface area contributed by atoms with Crippen molar-refractivity contribution < 1.29 is 9.59 Å². The number of aryl methyl sites for hydroxylation is 1. The van der Waals surface area contributed by atoms with Crippen molar-refractivity contribution in [1.82, 2.24) is 19.7 Å². The van der Waals surface area contributed by atoms with Crippen LogP contribution in [0.3, 0.4) is 0 Å². The van der Waals surface area contributed by atoms with Gasteiger partial charge in [-0.15, -0.1) is 10.2 Å². The first-order valence-corrected chi connectivity index (χ1v) is 8.05. The van der Waals surface area contributed by atoms with E-state index in [-0.39, 0.29) is 11.8 Å². The zero-order valence-electron chi connectivity index (χ0n) is 13.9. The van der Waals surface area contributed by atoms with Gasteiger partial charge in [-0.05, 0) is 18.4 Å². The topological polar surface area (TPSA) is 71.3 Å². The molecule has 0 radical (unpaired) electrons. The molecule has 1 unspecified atom stereocenters. The number of likely N-dealkylation sites (N-methyl/N-ethyl adjacent to an activating group) is 1. The third kappa shape index (κ3) is 3.02. The van der Waals surface area contributed by atoms with Crippen LogP contribution in [0, 0.1) is 0 Å². The van der Waals surface area contributed by atoms with Gasteiger partial charge in [0.2, 0.25) is 11.9 Å². The predicted molar refractivity (Wildman–Crippen MR) is 89.2 cm³/mol. The van der Waals surface area contributed by atoms with Crippen LogP contribution in [0.1, 0.15) is 30.9 Å². The highest BCUT2D eigenvalue weighted by Crippen LogP contribution is 2.28. The average molecular weight is 327 g/mol. The van der Waals surface area contributed by atoms with Crippen molar-refractivity contribution in [2.75, 3.05) is 18.5 Å². The number of aromatic nitrogens is 3. The van der Waals surface area contributed by atoms with E-state index in [4.69, 9.17) is 0 Å². The lowest BCUT2D eigenvalue weighted by molar-refractivity contribution is -0.141. The van der Waals surface area contributed by atoms with Crippen molar-refractivity contribution in [2.24, 2.45) is 7.05 Å². The van der Waals surface area contributed by atoms with Crippen LogP contribution >= 0.6 is 0 Å². The number of amides is 2. The molecule has 1 aliphatic heterocycles. The molecule has 2 amide bonds. The van der Waals surface area contributed by atoms with Crippen molar-refractivity contribution in [1.29, 1.82) is 0 Å². The number of benzene rings is 1. The number of hydrogen-bond acceptors (Lipinski definition) is 4. The molecule has 0 aliphatic carbocycles. The number of nitrogens with zero attached hydrogens (tertiary/aromatic N) is 5. The fourth-order valence-electron chi connectivity index (χ4n) is 3.05. The van der Waals surface area contributed by atoms with Gasteiger partial charge < -0.3 is 9.47 Å². The monoisotopic (exact) mass is 327 g/mol. The zero-order valence-corrected chi connectivity index (χ0v) is 13.9. The van der Waals surface area contributed by atoms with E-state index in [2.05, 4.69) is 10.2 Å². The lowest BCUT2D eigenvalue weighted by atomic mass is 10.00. The highest BCUT2D eigenvalue weighted by molar-refractivity contribution is 5.98. The van der Waals surface area contributed by atoms with E-state index in [1.807, 2.05) is 30.3 Å². The van der Waals surface area contributed by atoms with Gasteiger partial charge in [0.15, 0.2) is 0 Å². The Kier molecular flexibility index (Phi) is 4.59. The van der Waals surface area contributed by atoms with Gasteiger partial charge in [0.05, 0.1) is 0 Å².